The van der Waals surface area contributed by atoms with Gasteiger partial charge in [-0.05, 0) is 36.4 Å². The Labute approximate surface area is 114 Å². The van der Waals surface area contributed by atoms with E-state index < -0.39 is 17.5 Å². The number of methoxy groups -OCH3 is 1. The number of rotatable bonds is 3. The van der Waals surface area contributed by atoms with E-state index in [0.717, 1.165) is 12.1 Å². The van der Waals surface area contributed by atoms with Crippen LogP contribution in [0.25, 0.3) is 0 Å². The molecule has 1 amide bonds. The summed E-state index contributed by atoms with van der Waals surface area (Å²) in [7, 11) is 1.44. The fourth-order valence-electron chi connectivity index (χ4n) is 1.66. The molecule has 2 aromatic carbocycles. The summed E-state index contributed by atoms with van der Waals surface area (Å²) < 4.78 is 31.0. The van der Waals surface area contributed by atoms with E-state index in [2.05, 4.69) is 5.32 Å². The van der Waals surface area contributed by atoms with Crippen molar-refractivity contribution in [2.24, 2.45) is 0 Å². The number of halogens is 2. The van der Waals surface area contributed by atoms with Gasteiger partial charge in [0.25, 0.3) is 5.91 Å². The van der Waals surface area contributed by atoms with Crippen molar-refractivity contribution >= 4 is 17.3 Å². The van der Waals surface area contributed by atoms with Crippen LogP contribution in [0.5, 0.6) is 5.75 Å². The van der Waals surface area contributed by atoms with E-state index in [-0.39, 0.29) is 5.56 Å². The van der Waals surface area contributed by atoms with Crippen LogP contribution in [0.4, 0.5) is 20.2 Å². The number of hydrogen-bond acceptors (Lipinski definition) is 3. The first-order valence-corrected chi connectivity index (χ1v) is 5.71. The Morgan fingerprint density at radius 2 is 1.90 bits per heavy atom. The quantitative estimate of drug-likeness (QED) is 0.848. The molecule has 2 aromatic rings. The maximum absolute atomic E-state index is 13.1. The van der Waals surface area contributed by atoms with Crippen LogP contribution in [-0.2, 0) is 0 Å². The Bertz CT molecular complexity index is 660. The van der Waals surface area contributed by atoms with Crippen LogP contribution in [0, 0.1) is 11.6 Å². The van der Waals surface area contributed by atoms with E-state index in [1.165, 1.54) is 19.2 Å². The number of nitrogens with one attached hydrogen (secondary N) is 1. The Balaban J connectivity index is 2.27. The molecule has 6 heteroatoms. The molecule has 0 saturated carbocycles. The lowest BCUT2D eigenvalue weighted by Crippen LogP contribution is -2.13. The second-order valence-corrected chi connectivity index (χ2v) is 4.04. The number of carbonyl (C=O) groups excluding carboxylic acids is 1. The van der Waals surface area contributed by atoms with E-state index in [1.54, 1.807) is 12.1 Å². The number of carbonyl (C=O) groups is 1. The van der Waals surface area contributed by atoms with E-state index in [1.807, 2.05) is 0 Å². The molecular weight excluding hydrogens is 266 g/mol. The molecule has 0 radical (unpaired) electrons. The summed E-state index contributed by atoms with van der Waals surface area (Å²) in [4.78, 5) is 12.0. The van der Waals surface area contributed by atoms with Gasteiger partial charge in [0.15, 0.2) is 11.6 Å². The second kappa shape index (κ2) is 5.56. The van der Waals surface area contributed by atoms with Gasteiger partial charge in [-0.15, -0.1) is 0 Å². The highest BCUT2D eigenvalue weighted by molar-refractivity contribution is 6.05. The zero-order valence-electron chi connectivity index (χ0n) is 10.6. The third-order valence-corrected chi connectivity index (χ3v) is 2.65. The highest BCUT2D eigenvalue weighted by Crippen LogP contribution is 2.27. The molecule has 0 aliphatic carbocycles. The highest BCUT2D eigenvalue weighted by Gasteiger charge is 2.12. The molecule has 0 unspecified atom stereocenters. The predicted octanol–water partition coefficient (Wildman–Crippen LogP) is 2.81. The van der Waals surface area contributed by atoms with Gasteiger partial charge in [0.1, 0.15) is 5.75 Å². The van der Waals surface area contributed by atoms with Gasteiger partial charge in [0.05, 0.1) is 12.8 Å². The standard InChI is InChI=1S/C14H12F2N2O2/c1-20-13-5-3-9(17)7-12(13)18-14(19)8-2-4-10(15)11(16)6-8/h2-7H,17H2,1H3,(H,18,19). The van der Waals surface area contributed by atoms with Gasteiger partial charge in [0.2, 0.25) is 0 Å². The average molecular weight is 278 g/mol. The molecule has 0 aliphatic heterocycles. The topological polar surface area (TPSA) is 64.3 Å². The van der Waals surface area contributed by atoms with Crippen molar-refractivity contribution in [3.63, 3.8) is 0 Å². The SMILES string of the molecule is COc1ccc(N)cc1NC(=O)c1ccc(F)c(F)c1. The summed E-state index contributed by atoms with van der Waals surface area (Å²) >= 11 is 0. The first-order valence-electron chi connectivity index (χ1n) is 5.71. The lowest BCUT2D eigenvalue weighted by molar-refractivity contribution is 0.102. The van der Waals surface area contributed by atoms with Crippen molar-refractivity contribution in [1.29, 1.82) is 0 Å². The molecule has 104 valence electrons. The monoisotopic (exact) mass is 278 g/mol. The molecule has 3 N–H and O–H groups in total. The Hall–Kier alpha value is -2.63. The van der Waals surface area contributed by atoms with E-state index >= 15 is 0 Å². The van der Waals surface area contributed by atoms with Gasteiger partial charge < -0.3 is 15.8 Å². The largest absolute Gasteiger partial charge is 0.495 e. The third-order valence-electron chi connectivity index (χ3n) is 2.65. The summed E-state index contributed by atoms with van der Waals surface area (Å²) in [5.41, 5.74) is 6.40. The highest BCUT2D eigenvalue weighted by atomic mass is 19.2. The molecule has 4 nitrogen and oxygen atoms in total. The first-order chi connectivity index (χ1) is 9.51. The van der Waals surface area contributed by atoms with Crippen LogP contribution in [0.2, 0.25) is 0 Å². The van der Waals surface area contributed by atoms with Crippen LogP contribution in [0.15, 0.2) is 36.4 Å². The molecule has 0 atom stereocenters. The minimum atomic E-state index is -1.09. The lowest BCUT2D eigenvalue weighted by Gasteiger charge is -2.11. The summed E-state index contributed by atoms with van der Waals surface area (Å²) in [5, 5.41) is 2.53. The molecule has 0 aromatic heterocycles. The first kappa shape index (κ1) is 13.8. The van der Waals surface area contributed by atoms with Crippen LogP contribution in [-0.4, -0.2) is 13.0 Å². The Kier molecular flexibility index (Phi) is 3.84. The number of nitrogens with two attached hydrogens (primary N) is 1. The van der Waals surface area contributed by atoms with Crippen LogP contribution < -0.4 is 15.8 Å². The molecule has 2 rings (SSSR count). The molecule has 0 spiro atoms. The van der Waals surface area contributed by atoms with E-state index in [4.69, 9.17) is 10.5 Å². The van der Waals surface area contributed by atoms with Crippen LogP contribution >= 0.6 is 0 Å². The molecule has 0 saturated heterocycles. The lowest BCUT2D eigenvalue weighted by atomic mass is 10.2. The summed E-state index contributed by atoms with van der Waals surface area (Å²) in [5.74, 6) is -2.27. The molecule has 20 heavy (non-hydrogen) atoms. The maximum Gasteiger partial charge on any atom is 0.255 e. The van der Waals surface area contributed by atoms with Crippen molar-refractivity contribution in [2.45, 2.75) is 0 Å². The van der Waals surface area contributed by atoms with Gasteiger partial charge in [0, 0.05) is 11.3 Å². The van der Waals surface area contributed by atoms with Gasteiger partial charge >= 0.3 is 0 Å². The van der Waals surface area contributed by atoms with Crippen molar-refractivity contribution in [1.82, 2.24) is 0 Å². The van der Waals surface area contributed by atoms with Crippen molar-refractivity contribution in [2.75, 3.05) is 18.2 Å². The summed E-state index contributed by atoms with van der Waals surface area (Å²) in [6.45, 7) is 0. The zero-order chi connectivity index (χ0) is 14.7. The fourth-order valence-corrected chi connectivity index (χ4v) is 1.66. The predicted molar refractivity (Wildman–Crippen MR) is 71.7 cm³/mol. The van der Waals surface area contributed by atoms with Gasteiger partial charge in [-0.2, -0.15) is 0 Å². The minimum absolute atomic E-state index is 0.00613. The van der Waals surface area contributed by atoms with Gasteiger partial charge in [-0.1, -0.05) is 0 Å². The van der Waals surface area contributed by atoms with Crippen LogP contribution in [0.1, 0.15) is 10.4 Å². The molecule has 0 bridgehead atoms. The fraction of sp³-hybridized carbons (Fsp3) is 0.0714. The summed E-state index contributed by atoms with van der Waals surface area (Å²) in [6.07, 6.45) is 0. The molecule has 0 aliphatic rings. The average Bonchev–Trinajstić information content (AvgIpc) is 2.42. The summed E-state index contributed by atoms with van der Waals surface area (Å²) in [6, 6.07) is 7.62. The van der Waals surface area contributed by atoms with E-state index in [0.29, 0.717) is 17.1 Å². The van der Waals surface area contributed by atoms with Crippen LogP contribution in [0.3, 0.4) is 0 Å². The number of ether oxygens (including phenoxy) is 1. The number of amides is 1. The molecule has 0 fully saturated rings. The minimum Gasteiger partial charge on any atom is -0.495 e. The Morgan fingerprint density at radius 3 is 2.55 bits per heavy atom. The zero-order valence-corrected chi connectivity index (χ0v) is 10.6. The van der Waals surface area contributed by atoms with Crippen molar-refractivity contribution < 1.29 is 18.3 Å². The second-order valence-electron chi connectivity index (χ2n) is 4.04. The number of anilines is 2. The third kappa shape index (κ3) is 2.85. The van der Waals surface area contributed by atoms with Crippen molar-refractivity contribution in [3.05, 3.63) is 53.6 Å². The van der Waals surface area contributed by atoms with E-state index in [9.17, 15) is 13.6 Å². The van der Waals surface area contributed by atoms with Crippen molar-refractivity contribution in [3.8, 4) is 5.75 Å². The number of benzene rings is 2. The normalized spacial score (nSPS) is 10.2. The number of nitrogen functional groups attached to an aromatic ring is 1. The maximum atomic E-state index is 13.1. The van der Waals surface area contributed by atoms with Gasteiger partial charge in [-0.3, -0.25) is 4.79 Å². The molecule has 0 heterocycles. The number of hydrogen-bond donors (Lipinski definition) is 2. The van der Waals surface area contributed by atoms with Gasteiger partial charge in [-0.25, -0.2) is 8.78 Å². The smallest absolute Gasteiger partial charge is 0.255 e. The Morgan fingerprint density at radius 1 is 1.15 bits per heavy atom. The molecular formula is C14H12F2N2O2.